The third kappa shape index (κ3) is 15.3. The van der Waals surface area contributed by atoms with E-state index in [0.717, 1.165) is 12.8 Å². The maximum Gasteiger partial charge on any atom is 0.305 e. The molecule has 0 aliphatic heterocycles. The Labute approximate surface area is 117 Å². The summed E-state index contributed by atoms with van der Waals surface area (Å²) in [6.07, 6.45) is 10.3. The van der Waals surface area contributed by atoms with Crippen molar-refractivity contribution in [1.29, 1.82) is 0 Å². The highest BCUT2D eigenvalue weighted by Crippen LogP contribution is 2.09. The lowest BCUT2D eigenvalue weighted by Crippen LogP contribution is -2.11. The molecule has 0 aromatic heterocycles. The van der Waals surface area contributed by atoms with Gasteiger partial charge in [-0.2, -0.15) is 0 Å². The Morgan fingerprint density at radius 2 is 1.53 bits per heavy atom. The van der Waals surface area contributed by atoms with Gasteiger partial charge in [0.1, 0.15) is 6.61 Å². The number of carbonyl (C=O) groups is 1. The first-order chi connectivity index (χ1) is 9.31. The Kier molecular flexibility index (Phi) is 15.0. The quantitative estimate of drug-likeness (QED) is 0.391. The van der Waals surface area contributed by atoms with Crippen LogP contribution < -0.4 is 0 Å². The minimum atomic E-state index is -0.140. The number of ether oxygens (including phenoxy) is 2. The molecule has 0 spiro atoms. The number of esters is 1. The molecule has 0 unspecified atom stereocenters. The molecule has 4 heteroatoms. The first kappa shape index (κ1) is 18.4. The first-order valence-corrected chi connectivity index (χ1v) is 7.65. The van der Waals surface area contributed by atoms with Crippen LogP contribution in [-0.4, -0.2) is 37.5 Å². The average Bonchev–Trinajstić information content (AvgIpc) is 2.41. The second-order valence-electron chi connectivity index (χ2n) is 4.78. The van der Waals surface area contributed by atoms with Crippen LogP contribution in [-0.2, 0) is 14.3 Å². The molecule has 0 aromatic carbocycles. The molecule has 0 saturated heterocycles. The van der Waals surface area contributed by atoms with Crippen LogP contribution in [0.5, 0.6) is 0 Å². The van der Waals surface area contributed by atoms with E-state index in [1.807, 2.05) is 0 Å². The smallest absolute Gasteiger partial charge is 0.305 e. The van der Waals surface area contributed by atoms with Gasteiger partial charge in [0, 0.05) is 6.42 Å². The third-order valence-corrected chi connectivity index (χ3v) is 2.96. The third-order valence-electron chi connectivity index (χ3n) is 2.96. The number of aliphatic hydroxyl groups is 1. The zero-order valence-corrected chi connectivity index (χ0v) is 12.4. The summed E-state index contributed by atoms with van der Waals surface area (Å²) in [6.45, 7) is 3.18. The molecule has 0 bridgehead atoms. The van der Waals surface area contributed by atoms with Crippen LogP contribution in [0, 0.1) is 0 Å². The van der Waals surface area contributed by atoms with Gasteiger partial charge in [-0.25, -0.2) is 0 Å². The molecular weight excluding hydrogens is 244 g/mol. The zero-order valence-electron chi connectivity index (χ0n) is 12.4. The van der Waals surface area contributed by atoms with Gasteiger partial charge < -0.3 is 14.6 Å². The number of aliphatic hydroxyl groups excluding tert-OH is 1. The van der Waals surface area contributed by atoms with Crippen LogP contribution in [0.15, 0.2) is 0 Å². The number of carbonyl (C=O) groups excluding carboxylic acids is 1. The molecule has 0 atom stereocenters. The van der Waals surface area contributed by atoms with Crippen LogP contribution in [0.2, 0.25) is 0 Å². The van der Waals surface area contributed by atoms with Crippen molar-refractivity contribution in [2.45, 2.75) is 64.7 Å². The van der Waals surface area contributed by atoms with Crippen LogP contribution >= 0.6 is 0 Å². The first-order valence-electron chi connectivity index (χ1n) is 7.65. The lowest BCUT2D eigenvalue weighted by Gasteiger charge is -2.05. The summed E-state index contributed by atoms with van der Waals surface area (Å²) in [4.78, 5) is 11.3. The van der Waals surface area contributed by atoms with Gasteiger partial charge in [-0.3, -0.25) is 4.79 Å². The monoisotopic (exact) mass is 274 g/mol. The van der Waals surface area contributed by atoms with Crippen molar-refractivity contribution in [1.82, 2.24) is 0 Å². The summed E-state index contributed by atoms with van der Waals surface area (Å²) in [5, 5.41) is 8.48. The van der Waals surface area contributed by atoms with Gasteiger partial charge in [-0.1, -0.05) is 51.9 Å². The predicted octanol–water partition coefficient (Wildman–Crippen LogP) is 3.07. The molecule has 0 aromatic rings. The van der Waals surface area contributed by atoms with Crippen molar-refractivity contribution in [3.05, 3.63) is 0 Å². The van der Waals surface area contributed by atoms with Crippen molar-refractivity contribution in [3.63, 3.8) is 0 Å². The summed E-state index contributed by atoms with van der Waals surface area (Å²) in [5.41, 5.74) is 0. The van der Waals surface area contributed by atoms with Gasteiger partial charge >= 0.3 is 5.97 Å². The maximum atomic E-state index is 11.3. The van der Waals surface area contributed by atoms with Crippen LogP contribution in [0.4, 0.5) is 0 Å². The highest BCUT2D eigenvalue weighted by atomic mass is 16.6. The summed E-state index contributed by atoms with van der Waals surface area (Å²) < 4.78 is 10.00. The normalized spacial score (nSPS) is 10.6. The molecule has 0 rings (SSSR count). The minimum Gasteiger partial charge on any atom is -0.463 e. The molecular formula is C15H30O4. The Morgan fingerprint density at radius 3 is 2.16 bits per heavy atom. The van der Waals surface area contributed by atoms with Crippen LogP contribution in [0.1, 0.15) is 64.7 Å². The lowest BCUT2D eigenvalue weighted by molar-refractivity contribution is -0.145. The van der Waals surface area contributed by atoms with Crippen molar-refractivity contribution < 1.29 is 19.4 Å². The van der Waals surface area contributed by atoms with Gasteiger partial charge in [0.25, 0.3) is 0 Å². The van der Waals surface area contributed by atoms with E-state index in [1.165, 1.54) is 38.5 Å². The number of hydrogen-bond donors (Lipinski definition) is 1. The Bertz CT molecular complexity index is 195. The standard InChI is InChI=1S/C15H30O4/c1-2-3-4-5-6-7-8-9-10-15(17)19-14-13-18-12-11-16/h16H,2-14H2,1H3. The topological polar surface area (TPSA) is 55.8 Å². The maximum absolute atomic E-state index is 11.3. The van der Waals surface area contributed by atoms with E-state index < -0.39 is 0 Å². The van der Waals surface area contributed by atoms with Gasteiger partial charge in [0.05, 0.1) is 19.8 Å². The number of rotatable bonds is 14. The van der Waals surface area contributed by atoms with Gasteiger partial charge in [-0.05, 0) is 6.42 Å². The van der Waals surface area contributed by atoms with Crippen molar-refractivity contribution in [2.75, 3.05) is 26.4 Å². The van der Waals surface area contributed by atoms with E-state index in [2.05, 4.69) is 6.92 Å². The molecule has 0 amide bonds. The van der Waals surface area contributed by atoms with Gasteiger partial charge in [0.2, 0.25) is 0 Å². The van der Waals surface area contributed by atoms with E-state index in [9.17, 15) is 4.79 Å². The molecule has 1 N–H and O–H groups in total. The van der Waals surface area contributed by atoms with E-state index in [4.69, 9.17) is 14.6 Å². The molecule has 0 heterocycles. The second-order valence-corrected chi connectivity index (χ2v) is 4.78. The predicted molar refractivity (Wildman–Crippen MR) is 76.1 cm³/mol. The van der Waals surface area contributed by atoms with Crippen molar-refractivity contribution >= 4 is 5.97 Å². The van der Waals surface area contributed by atoms with Crippen molar-refractivity contribution in [2.24, 2.45) is 0 Å². The Hall–Kier alpha value is -0.610. The van der Waals surface area contributed by atoms with Gasteiger partial charge in [-0.15, -0.1) is 0 Å². The average molecular weight is 274 g/mol. The summed E-state index contributed by atoms with van der Waals surface area (Å²) in [6, 6.07) is 0. The molecule has 0 aliphatic rings. The molecule has 0 aliphatic carbocycles. The summed E-state index contributed by atoms with van der Waals surface area (Å²) in [7, 11) is 0. The fourth-order valence-corrected chi connectivity index (χ4v) is 1.86. The van der Waals surface area contributed by atoms with E-state index in [1.54, 1.807) is 0 Å². The van der Waals surface area contributed by atoms with E-state index in [0.29, 0.717) is 19.6 Å². The second kappa shape index (κ2) is 15.4. The largest absolute Gasteiger partial charge is 0.463 e. The van der Waals surface area contributed by atoms with Crippen LogP contribution in [0.3, 0.4) is 0 Å². The molecule has 0 fully saturated rings. The molecule has 0 radical (unpaired) electrons. The Balaban J connectivity index is 3.12. The minimum absolute atomic E-state index is 0.00615. The lowest BCUT2D eigenvalue weighted by atomic mass is 10.1. The highest BCUT2D eigenvalue weighted by molar-refractivity contribution is 5.69. The van der Waals surface area contributed by atoms with E-state index in [-0.39, 0.29) is 19.2 Å². The fraction of sp³-hybridized carbons (Fsp3) is 0.933. The van der Waals surface area contributed by atoms with Crippen LogP contribution in [0.25, 0.3) is 0 Å². The molecule has 19 heavy (non-hydrogen) atoms. The Morgan fingerprint density at radius 1 is 0.895 bits per heavy atom. The molecule has 0 saturated carbocycles. The van der Waals surface area contributed by atoms with Crippen molar-refractivity contribution in [3.8, 4) is 0 Å². The molecule has 4 nitrogen and oxygen atoms in total. The zero-order chi connectivity index (χ0) is 14.2. The number of unbranched alkanes of at least 4 members (excludes halogenated alkanes) is 7. The van der Waals surface area contributed by atoms with E-state index >= 15 is 0 Å². The SMILES string of the molecule is CCCCCCCCCCC(=O)OCCOCCO. The summed E-state index contributed by atoms with van der Waals surface area (Å²) in [5.74, 6) is -0.140. The number of hydrogen-bond acceptors (Lipinski definition) is 4. The molecule has 114 valence electrons. The summed E-state index contributed by atoms with van der Waals surface area (Å²) >= 11 is 0. The fourth-order valence-electron chi connectivity index (χ4n) is 1.86. The highest BCUT2D eigenvalue weighted by Gasteiger charge is 2.02. The van der Waals surface area contributed by atoms with Gasteiger partial charge in [0.15, 0.2) is 0 Å².